The lowest BCUT2D eigenvalue weighted by Gasteiger charge is -2.30. The molecule has 0 bridgehead atoms. The van der Waals surface area contributed by atoms with Gasteiger partial charge in [-0.3, -0.25) is 13.6 Å². The van der Waals surface area contributed by atoms with E-state index in [-0.39, 0.29) is 16.9 Å². The van der Waals surface area contributed by atoms with Gasteiger partial charge in [0.05, 0.1) is 10.8 Å². The zero-order valence-electron chi connectivity index (χ0n) is 21.0. The van der Waals surface area contributed by atoms with Crippen molar-refractivity contribution in [2.24, 2.45) is 11.8 Å². The highest BCUT2D eigenvalue weighted by Crippen LogP contribution is 2.34. The average Bonchev–Trinajstić information content (AvgIpc) is 3.39. The normalized spacial score (nSPS) is 22.1. The number of nitrogens with one attached hydrogen (secondary N) is 1. The number of hydrogen-bond acceptors (Lipinski definition) is 5. The molecule has 0 radical (unpaired) electrons. The summed E-state index contributed by atoms with van der Waals surface area (Å²) in [6, 6.07) is 9.61. The van der Waals surface area contributed by atoms with Gasteiger partial charge in [0.15, 0.2) is 0 Å². The minimum Gasteiger partial charge on any atom is -0.324 e. The summed E-state index contributed by atoms with van der Waals surface area (Å²) in [5, 5.41) is 4.45. The summed E-state index contributed by atoms with van der Waals surface area (Å²) >= 11 is 0. The maximum atomic E-state index is 13.3. The Morgan fingerprint density at radius 2 is 1.77 bits per heavy atom. The van der Waals surface area contributed by atoms with Gasteiger partial charge in [0.1, 0.15) is 5.65 Å². The number of pyridine rings is 1. The van der Waals surface area contributed by atoms with Crippen LogP contribution in [0.25, 0.3) is 11.0 Å². The van der Waals surface area contributed by atoms with Gasteiger partial charge in [0.25, 0.3) is 5.56 Å². The molecule has 3 aromatic rings. The number of anilines is 2. The monoisotopic (exact) mass is 492 g/mol. The zero-order valence-corrected chi connectivity index (χ0v) is 21.8. The number of hydrogen-bond donors (Lipinski definition) is 1. The van der Waals surface area contributed by atoms with Crippen LogP contribution in [0.5, 0.6) is 0 Å². The fraction of sp³-hybridized carbons (Fsp3) is 0.536. The molecule has 0 unspecified atom stereocenters. The van der Waals surface area contributed by atoms with Crippen LogP contribution in [-0.2, 0) is 10.8 Å². The molecule has 0 saturated heterocycles. The Kier molecular flexibility index (Phi) is 7.05. The summed E-state index contributed by atoms with van der Waals surface area (Å²) in [6.07, 6.45) is 10.6. The second kappa shape index (κ2) is 10.2. The van der Waals surface area contributed by atoms with Crippen LogP contribution in [0.2, 0.25) is 0 Å². The van der Waals surface area contributed by atoms with Gasteiger partial charge in [0.2, 0.25) is 5.95 Å². The first-order valence-corrected chi connectivity index (χ1v) is 14.3. The van der Waals surface area contributed by atoms with Crippen LogP contribution < -0.4 is 10.9 Å². The van der Waals surface area contributed by atoms with Crippen molar-refractivity contribution >= 4 is 33.5 Å². The maximum absolute atomic E-state index is 13.3. The highest BCUT2D eigenvalue weighted by molar-refractivity contribution is 7.85. The molecular weight excluding hydrogens is 456 g/mol. The first kappa shape index (κ1) is 24.2. The third kappa shape index (κ3) is 5.06. The fourth-order valence-electron chi connectivity index (χ4n) is 5.80. The third-order valence-electron chi connectivity index (χ3n) is 8.00. The molecule has 1 N–H and O–H groups in total. The number of nitrogens with zero attached hydrogens (tertiary/aromatic N) is 3. The van der Waals surface area contributed by atoms with Gasteiger partial charge in [-0.15, -0.1) is 0 Å². The predicted molar refractivity (Wildman–Crippen MR) is 143 cm³/mol. The number of benzene rings is 1. The van der Waals surface area contributed by atoms with E-state index in [1.807, 2.05) is 29.7 Å². The summed E-state index contributed by atoms with van der Waals surface area (Å²) in [5.41, 5.74) is 2.59. The van der Waals surface area contributed by atoms with Crippen LogP contribution in [0.15, 0.2) is 46.2 Å². The van der Waals surface area contributed by atoms with E-state index < -0.39 is 10.8 Å². The van der Waals surface area contributed by atoms with Crippen molar-refractivity contribution in [3.05, 3.63) is 52.4 Å². The Morgan fingerprint density at radius 3 is 2.46 bits per heavy atom. The molecule has 0 aliphatic heterocycles. The minimum absolute atomic E-state index is 0.000472. The number of aryl methyl sites for hydroxylation is 1. The van der Waals surface area contributed by atoms with Gasteiger partial charge < -0.3 is 5.32 Å². The summed E-state index contributed by atoms with van der Waals surface area (Å²) < 4.78 is 15.1. The van der Waals surface area contributed by atoms with Crippen LogP contribution in [0.1, 0.15) is 76.8 Å². The molecule has 0 spiro atoms. The summed E-state index contributed by atoms with van der Waals surface area (Å²) in [5.74, 6) is 1.95. The van der Waals surface area contributed by atoms with E-state index >= 15 is 0 Å². The van der Waals surface area contributed by atoms with Crippen molar-refractivity contribution in [2.75, 3.05) is 5.32 Å². The van der Waals surface area contributed by atoms with E-state index in [1.54, 1.807) is 18.3 Å². The average molecular weight is 493 g/mol. The molecule has 7 heteroatoms. The molecule has 2 heterocycles. The Hall–Kier alpha value is -2.54. The minimum atomic E-state index is -0.986. The Labute approximate surface area is 210 Å². The van der Waals surface area contributed by atoms with E-state index in [1.165, 1.54) is 12.8 Å². The van der Waals surface area contributed by atoms with Gasteiger partial charge in [-0.25, -0.2) is 4.98 Å². The van der Waals surface area contributed by atoms with E-state index in [4.69, 9.17) is 4.98 Å². The highest BCUT2D eigenvalue weighted by Gasteiger charge is 2.28. The summed E-state index contributed by atoms with van der Waals surface area (Å²) in [4.78, 5) is 22.8. The van der Waals surface area contributed by atoms with Crippen LogP contribution in [0.3, 0.4) is 0 Å². The van der Waals surface area contributed by atoms with Gasteiger partial charge in [-0.05, 0) is 87.1 Å². The number of rotatable bonds is 6. The van der Waals surface area contributed by atoms with Gasteiger partial charge in [-0.2, -0.15) is 4.98 Å². The molecule has 2 aromatic heterocycles. The van der Waals surface area contributed by atoms with Gasteiger partial charge in [-0.1, -0.05) is 26.7 Å². The fourth-order valence-corrected chi connectivity index (χ4v) is 7.38. The SMILES string of the molecule is Cc1cc([S@@](=O)C2CCC(C(C)C)CC2)ccc1Nc1ncc2ccc(=O)n(C3CCCC3)c2n1. The quantitative estimate of drug-likeness (QED) is 0.438. The van der Waals surface area contributed by atoms with E-state index in [0.29, 0.717) is 17.5 Å². The predicted octanol–water partition coefficient (Wildman–Crippen LogP) is 6.28. The second-order valence-electron chi connectivity index (χ2n) is 10.6. The van der Waals surface area contributed by atoms with Crippen LogP contribution in [0.4, 0.5) is 11.6 Å². The molecular formula is C28H36N4O2S. The van der Waals surface area contributed by atoms with Crippen molar-refractivity contribution in [1.29, 1.82) is 0 Å². The molecule has 2 fully saturated rings. The summed E-state index contributed by atoms with van der Waals surface area (Å²) in [6.45, 7) is 6.61. The van der Waals surface area contributed by atoms with Crippen molar-refractivity contribution in [1.82, 2.24) is 14.5 Å². The lowest BCUT2D eigenvalue weighted by molar-refractivity contribution is 0.282. The second-order valence-corrected chi connectivity index (χ2v) is 12.4. The number of aromatic nitrogens is 3. The number of fused-ring (bicyclic) bond motifs is 1. The molecule has 1 aromatic carbocycles. The molecule has 0 amide bonds. The van der Waals surface area contributed by atoms with Gasteiger partial charge >= 0.3 is 0 Å². The smallest absolute Gasteiger partial charge is 0.252 e. The highest BCUT2D eigenvalue weighted by atomic mass is 32.2. The van der Waals surface area contributed by atoms with Crippen molar-refractivity contribution in [2.45, 2.75) is 88.3 Å². The third-order valence-corrected chi connectivity index (χ3v) is 9.79. The largest absolute Gasteiger partial charge is 0.324 e. The Bertz CT molecular complexity index is 1290. The lowest BCUT2D eigenvalue weighted by Crippen LogP contribution is -2.25. The summed E-state index contributed by atoms with van der Waals surface area (Å²) in [7, 11) is -0.986. The Balaban J connectivity index is 1.35. The standard InChI is InChI=1S/C28H36N4O2S/c1-18(2)20-8-11-23(12-9-20)35(34)24-13-14-25(19(3)16-24)30-28-29-17-21-10-15-26(33)32(27(21)31-28)22-6-4-5-7-22/h10,13-18,20,22-23H,4-9,11-12H2,1-3H3,(H,29,30,31)/t20?,23?,35-/m0/s1. The molecule has 35 heavy (non-hydrogen) atoms. The zero-order chi connectivity index (χ0) is 24.5. The first-order valence-electron chi connectivity index (χ1n) is 13.1. The van der Waals surface area contributed by atoms with Crippen LogP contribution >= 0.6 is 0 Å². The topological polar surface area (TPSA) is 76.9 Å². The first-order chi connectivity index (χ1) is 16.9. The molecule has 2 saturated carbocycles. The molecule has 6 nitrogen and oxygen atoms in total. The Morgan fingerprint density at radius 1 is 1.03 bits per heavy atom. The van der Waals surface area contributed by atoms with E-state index in [2.05, 4.69) is 24.1 Å². The van der Waals surface area contributed by atoms with Crippen LogP contribution in [-0.4, -0.2) is 24.0 Å². The molecule has 2 aliphatic carbocycles. The van der Waals surface area contributed by atoms with E-state index in [0.717, 1.165) is 66.0 Å². The molecule has 186 valence electrons. The van der Waals surface area contributed by atoms with Gasteiger partial charge in [0, 0.05) is 39.5 Å². The van der Waals surface area contributed by atoms with Crippen LogP contribution in [0, 0.1) is 18.8 Å². The molecule has 1 atom stereocenters. The van der Waals surface area contributed by atoms with E-state index in [9.17, 15) is 9.00 Å². The molecule has 5 rings (SSSR count). The molecule has 2 aliphatic rings. The van der Waals surface area contributed by atoms with Crippen molar-refractivity contribution in [3.63, 3.8) is 0 Å². The van der Waals surface area contributed by atoms with Crippen molar-refractivity contribution in [3.8, 4) is 0 Å². The lowest BCUT2D eigenvalue weighted by atomic mass is 9.81. The van der Waals surface area contributed by atoms with Crippen molar-refractivity contribution < 1.29 is 4.21 Å². The maximum Gasteiger partial charge on any atom is 0.252 e.